The van der Waals surface area contributed by atoms with E-state index in [0.717, 1.165) is 0 Å². The van der Waals surface area contributed by atoms with Crippen molar-refractivity contribution in [3.05, 3.63) is 0 Å². The molecule has 0 radical (unpaired) electrons. The fraction of sp³-hybridized carbons (Fsp3) is 1.00. The lowest BCUT2D eigenvalue weighted by Crippen LogP contribution is -2.37. The van der Waals surface area contributed by atoms with Crippen molar-refractivity contribution in [2.45, 2.75) is 66.3 Å². The summed E-state index contributed by atoms with van der Waals surface area (Å²) in [5, 5.41) is 3.62. The fourth-order valence-electron chi connectivity index (χ4n) is 2.06. The van der Waals surface area contributed by atoms with Crippen LogP contribution in [0.15, 0.2) is 0 Å². The van der Waals surface area contributed by atoms with E-state index in [2.05, 4.69) is 51.7 Å². The summed E-state index contributed by atoms with van der Waals surface area (Å²) < 4.78 is 0. The van der Waals surface area contributed by atoms with Crippen LogP contribution < -0.4 is 5.32 Å². The average molecular weight is 245 g/mol. The summed E-state index contributed by atoms with van der Waals surface area (Å²) in [6.07, 6.45) is 5.37. The van der Waals surface area contributed by atoms with Crippen molar-refractivity contribution in [1.82, 2.24) is 5.32 Å². The van der Waals surface area contributed by atoms with Gasteiger partial charge in [0.2, 0.25) is 0 Å². The molecule has 0 saturated carbocycles. The summed E-state index contributed by atoms with van der Waals surface area (Å²) in [4.78, 5) is 0. The van der Waals surface area contributed by atoms with Gasteiger partial charge in [-0.15, -0.1) is 0 Å². The largest absolute Gasteiger partial charge is 0.314 e. The number of rotatable bonds is 10. The van der Waals surface area contributed by atoms with Crippen LogP contribution in [0.4, 0.5) is 0 Å². The first-order valence-electron chi connectivity index (χ1n) is 6.91. The van der Waals surface area contributed by atoms with Gasteiger partial charge in [0.15, 0.2) is 0 Å². The summed E-state index contributed by atoms with van der Waals surface area (Å²) in [5.41, 5.74) is 0.540. The topological polar surface area (TPSA) is 12.0 Å². The normalized spacial score (nSPS) is 12.4. The van der Waals surface area contributed by atoms with Crippen molar-refractivity contribution in [3.63, 3.8) is 0 Å². The molecule has 0 unspecified atom stereocenters. The third kappa shape index (κ3) is 6.80. The van der Waals surface area contributed by atoms with Crippen molar-refractivity contribution >= 4 is 11.8 Å². The van der Waals surface area contributed by atoms with Gasteiger partial charge in [-0.2, -0.15) is 11.8 Å². The van der Waals surface area contributed by atoms with Crippen molar-refractivity contribution < 1.29 is 0 Å². The van der Waals surface area contributed by atoms with Crippen molar-refractivity contribution in [3.8, 4) is 0 Å². The van der Waals surface area contributed by atoms with E-state index in [1.807, 2.05) is 0 Å². The molecule has 0 heterocycles. The molecule has 0 aromatic heterocycles. The molecule has 16 heavy (non-hydrogen) atoms. The molecule has 0 spiro atoms. The van der Waals surface area contributed by atoms with Gasteiger partial charge in [-0.3, -0.25) is 0 Å². The van der Waals surface area contributed by atoms with E-state index in [9.17, 15) is 0 Å². The van der Waals surface area contributed by atoms with Crippen molar-refractivity contribution in [2.75, 3.05) is 18.1 Å². The SMILES string of the molecule is CCSCCCC(CC)(CC)CNC(C)C. The molecule has 0 aliphatic rings. The fourth-order valence-corrected chi connectivity index (χ4v) is 2.69. The third-order valence-corrected chi connectivity index (χ3v) is 4.57. The van der Waals surface area contributed by atoms with E-state index < -0.39 is 0 Å². The van der Waals surface area contributed by atoms with E-state index >= 15 is 0 Å². The first-order chi connectivity index (χ1) is 7.60. The van der Waals surface area contributed by atoms with Crippen LogP contribution in [-0.4, -0.2) is 24.1 Å². The van der Waals surface area contributed by atoms with Crippen molar-refractivity contribution in [1.29, 1.82) is 0 Å². The molecule has 98 valence electrons. The molecule has 0 aromatic rings. The summed E-state index contributed by atoms with van der Waals surface area (Å²) in [5.74, 6) is 2.59. The lowest BCUT2D eigenvalue weighted by Gasteiger charge is -2.33. The van der Waals surface area contributed by atoms with E-state index in [1.54, 1.807) is 0 Å². The summed E-state index contributed by atoms with van der Waals surface area (Å²) >= 11 is 2.07. The molecule has 2 heteroatoms. The predicted octanol–water partition coefficient (Wildman–Crippen LogP) is 4.32. The zero-order chi connectivity index (χ0) is 12.4. The molecule has 0 atom stereocenters. The van der Waals surface area contributed by atoms with Gasteiger partial charge < -0.3 is 5.32 Å². The second-order valence-corrected chi connectivity index (χ2v) is 6.44. The van der Waals surface area contributed by atoms with Crippen LogP contribution in [-0.2, 0) is 0 Å². The van der Waals surface area contributed by atoms with Gasteiger partial charge in [0.25, 0.3) is 0 Å². The summed E-state index contributed by atoms with van der Waals surface area (Å²) in [6, 6.07) is 0.613. The zero-order valence-electron chi connectivity index (χ0n) is 11.9. The van der Waals surface area contributed by atoms with Crippen LogP contribution in [0.5, 0.6) is 0 Å². The lowest BCUT2D eigenvalue weighted by molar-refractivity contribution is 0.220. The molecule has 0 saturated heterocycles. The molecule has 0 aliphatic carbocycles. The molecule has 1 N–H and O–H groups in total. The van der Waals surface area contributed by atoms with Gasteiger partial charge in [-0.25, -0.2) is 0 Å². The Morgan fingerprint density at radius 2 is 1.75 bits per heavy atom. The van der Waals surface area contributed by atoms with E-state index in [0.29, 0.717) is 11.5 Å². The second-order valence-electron chi connectivity index (χ2n) is 5.04. The van der Waals surface area contributed by atoms with Crippen LogP contribution >= 0.6 is 11.8 Å². The van der Waals surface area contributed by atoms with Crippen LogP contribution in [0.1, 0.15) is 60.3 Å². The van der Waals surface area contributed by atoms with E-state index in [-0.39, 0.29) is 0 Å². The highest BCUT2D eigenvalue weighted by Gasteiger charge is 2.25. The summed E-state index contributed by atoms with van der Waals surface area (Å²) in [6.45, 7) is 12.6. The minimum atomic E-state index is 0.540. The molecular formula is C14H31NS. The Labute approximate surface area is 107 Å². The maximum Gasteiger partial charge on any atom is 0.00106 e. The van der Waals surface area contributed by atoms with Gasteiger partial charge in [0.05, 0.1) is 0 Å². The molecule has 0 rings (SSSR count). The van der Waals surface area contributed by atoms with Gasteiger partial charge in [0.1, 0.15) is 0 Å². The van der Waals surface area contributed by atoms with Crippen LogP contribution in [0, 0.1) is 5.41 Å². The minimum Gasteiger partial charge on any atom is -0.314 e. The van der Waals surface area contributed by atoms with Crippen LogP contribution in [0.2, 0.25) is 0 Å². The third-order valence-electron chi connectivity index (χ3n) is 3.59. The molecule has 0 aliphatic heterocycles. The summed E-state index contributed by atoms with van der Waals surface area (Å²) in [7, 11) is 0. The maximum absolute atomic E-state index is 3.62. The maximum atomic E-state index is 3.62. The number of thioether (sulfide) groups is 1. The average Bonchev–Trinajstić information content (AvgIpc) is 2.29. The highest BCUT2D eigenvalue weighted by atomic mass is 32.2. The molecule has 1 nitrogen and oxygen atoms in total. The van der Waals surface area contributed by atoms with Gasteiger partial charge in [0, 0.05) is 12.6 Å². The Morgan fingerprint density at radius 1 is 1.12 bits per heavy atom. The first-order valence-corrected chi connectivity index (χ1v) is 8.06. The smallest absolute Gasteiger partial charge is 0.00106 e. The molecular weight excluding hydrogens is 214 g/mol. The molecule has 0 amide bonds. The standard InChI is InChI=1S/C14H31NS/c1-6-14(7-2,12-15-13(4)5)10-9-11-16-8-3/h13,15H,6-12H2,1-5H3. The highest BCUT2D eigenvalue weighted by molar-refractivity contribution is 7.99. The van der Waals surface area contributed by atoms with Crippen molar-refractivity contribution in [2.24, 2.45) is 5.41 Å². The molecule has 0 bridgehead atoms. The number of hydrogen-bond acceptors (Lipinski definition) is 2. The van der Waals surface area contributed by atoms with E-state index in [1.165, 1.54) is 43.7 Å². The van der Waals surface area contributed by atoms with Crippen LogP contribution in [0.3, 0.4) is 0 Å². The Hall–Kier alpha value is 0.310. The molecule has 0 fully saturated rings. The minimum absolute atomic E-state index is 0.540. The number of hydrogen-bond donors (Lipinski definition) is 1. The van der Waals surface area contributed by atoms with Gasteiger partial charge in [-0.1, -0.05) is 34.6 Å². The Bertz CT molecular complexity index is 153. The Kier molecular flexibility index (Phi) is 9.53. The number of nitrogens with one attached hydrogen (secondary N) is 1. The van der Waals surface area contributed by atoms with Gasteiger partial charge >= 0.3 is 0 Å². The predicted molar refractivity (Wildman–Crippen MR) is 78.4 cm³/mol. The first kappa shape index (κ1) is 16.3. The Balaban J connectivity index is 4.00. The second kappa shape index (κ2) is 9.35. The monoisotopic (exact) mass is 245 g/mol. The Morgan fingerprint density at radius 3 is 2.19 bits per heavy atom. The van der Waals surface area contributed by atoms with Gasteiger partial charge in [-0.05, 0) is 42.6 Å². The molecule has 0 aromatic carbocycles. The zero-order valence-corrected chi connectivity index (χ0v) is 12.8. The van der Waals surface area contributed by atoms with Crippen LogP contribution in [0.25, 0.3) is 0 Å². The lowest BCUT2D eigenvalue weighted by atomic mass is 9.78. The quantitative estimate of drug-likeness (QED) is 0.575. The highest BCUT2D eigenvalue weighted by Crippen LogP contribution is 2.32. The van der Waals surface area contributed by atoms with E-state index in [4.69, 9.17) is 0 Å².